The van der Waals surface area contributed by atoms with E-state index >= 15 is 0 Å². The Hall–Kier alpha value is -0.900. The second-order valence-electron chi connectivity index (χ2n) is 4.19. The molecule has 1 aliphatic rings. The van der Waals surface area contributed by atoms with E-state index < -0.39 is 5.41 Å². The predicted octanol–water partition coefficient (Wildman–Crippen LogP) is 1.44. The van der Waals surface area contributed by atoms with Crippen molar-refractivity contribution in [1.29, 1.82) is 0 Å². The zero-order chi connectivity index (χ0) is 11.8. The molecule has 16 heavy (non-hydrogen) atoms. The lowest BCUT2D eigenvalue weighted by molar-refractivity contribution is 0.0346. The fourth-order valence-electron chi connectivity index (χ4n) is 2.14. The molecule has 0 heterocycles. The predicted molar refractivity (Wildman–Crippen MR) is 60.7 cm³/mol. The van der Waals surface area contributed by atoms with Gasteiger partial charge in [-0.3, -0.25) is 4.79 Å². The highest BCUT2D eigenvalue weighted by atomic mass is 35.5. The number of carbonyl (C=O) groups excluding carboxylic acids is 1. The van der Waals surface area contributed by atoms with E-state index in [9.17, 15) is 15.0 Å². The van der Waals surface area contributed by atoms with Crippen molar-refractivity contribution in [3.8, 4) is 0 Å². The molecule has 3 nitrogen and oxygen atoms in total. The summed E-state index contributed by atoms with van der Waals surface area (Å²) in [5.74, 6) is -0.207. The first-order valence-electron chi connectivity index (χ1n) is 5.18. The van der Waals surface area contributed by atoms with Gasteiger partial charge in [-0.15, -0.1) is 0 Å². The third-order valence-electron chi connectivity index (χ3n) is 3.30. The van der Waals surface area contributed by atoms with Crippen LogP contribution in [0, 0.1) is 5.41 Å². The van der Waals surface area contributed by atoms with Crippen LogP contribution in [0.25, 0.3) is 0 Å². The van der Waals surface area contributed by atoms with Crippen LogP contribution in [-0.4, -0.2) is 29.2 Å². The number of benzene rings is 1. The molecule has 0 unspecified atom stereocenters. The Morgan fingerprint density at radius 2 is 2.00 bits per heavy atom. The number of hydrogen-bond acceptors (Lipinski definition) is 3. The first-order chi connectivity index (χ1) is 7.64. The van der Waals surface area contributed by atoms with Gasteiger partial charge in [-0.25, -0.2) is 0 Å². The SMILES string of the molecule is O=C1c2cccc(Cl)c2CCC1(CO)CO. The van der Waals surface area contributed by atoms with Gasteiger partial charge in [0.1, 0.15) is 0 Å². The molecular formula is C12H13ClO3. The summed E-state index contributed by atoms with van der Waals surface area (Å²) in [6.07, 6.45) is 1.05. The Kier molecular flexibility index (Phi) is 3.02. The van der Waals surface area contributed by atoms with Crippen molar-refractivity contribution >= 4 is 17.4 Å². The molecule has 0 aromatic heterocycles. The first kappa shape index (κ1) is 11.6. The van der Waals surface area contributed by atoms with Crippen LogP contribution in [0.2, 0.25) is 5.02 Å². The number of rotatable bonds is 2. The minimum Gasteiger partial charge on any atom is -0.395 e. The smallest absolute Gasteiger partial charge is 0.173 e. The van der Waals surface area contributed by atoms with Crippen molar-refractivity contribution in [3.63, 3.8) is 0 Å². The number of halogens is 1. The molecule has 0 atom stereocenters. The molecule has 0 saturated carbocycles. The molecule has 0 radical (unpaired) electrons. The van der Waals surface area contributed by atoms with Gasteiger partial charge in [0.05, 0.1) is 18.6 Å². The molecule has 0 spiro atoms. The quantitative estimate of drug-likeness (QED) is 0.823. The van der Waals surface area contributed by atoms with Gasteiger partial charge in [-0.1, -0.05) is 23.7 Å². The van der Waals surface area contributed by atoms with E-state index in [1.54, 1.807) is 18.2 Å². The average Bonchev–Trinajstić information content (AvgIpc) is 2.31. The largest absolute Gasteiger partial charge is 0.395 e. The summed E-state index contributed by atoms with van der Waals surface area (Å²) in [6, 6.07) is 5.16. The Labute approximate surface area is 98.7 Å². The van der Waals surface area contributed by atoms with E-state index in [0.717, 1.165) is 5.56 Å². The Balaban J connectivity index is 2.51. The van der Waals surface area contributed by atoms with Crippen LogP contribution < -0.4 is 0 Å². The van der Waals surface area contributed by atoms with Gasteiger partial charge in [0.2, 0.25) is 0 Å². The fourth-order valence-corrected chi connectivity index (χ4v) is 2.41. The van der Waals surface area contributed by atoms with Crippen molar-refractivity contribution in [3.05, 3.63) is 34.3 Å². The van der Waals surface area contributed by atoms with Crippen LogP contribution in [0.5, 0.6) is 0 Å². The van der Waals surface area contributed by atoms with Crippen molar-refractivity contribution in [2.24, 2.45) is 5.41 Å². The van der Waals surface area contributed by atoms with E-state index in [4.69, 9.17) is 11.6 Å². The maximum atomic E-state index is 12.2. The van der Waals surface area contributed by atoms with E-state index in [1.807, 2.05) is 0 Å². The molecule has 86 valence electrons. The maximum absolute atomic E-state index is 12.2. The topological polar surface area (TPSA) is 57.5 Å². The Morgan fingerprint density at radius 1 is 1.31 bits per heavy atom. The normalized spacial score (nSPS) is 18.3. The van der Waals surface area contributed by atoms with Crippen molar-refractivity contribution in [1.82, 2.24) is 0 Å². The molecule has 4 heteroatoms. The van der Waals surface area contributed by atoms with Crippen LogP contribution in [0.3, 0.4) is 0 Å². The number of aliphatic hydroxyl groups is 2. The lowest BCUT2D eigenvalue weighted by Crippen LogP contribution is -2.42. The molecule has 0 fully saturated rings. The van der Waals surface area contributed by atoms with E-state index in [0.29, 0.717) is 23.4 Å². The molecular weight excluding hydrogens is 228 g/mol. The standard InChI is InChI=1S/C12H13ClO3/c13-10-3-1-2-9-8(10)4-5-12(6-14,7-15)11(9)16/h1-3,14-15H,4-7H2. The summed E-state index contributed by atoms with van der Waals surface area (Å²) in [5.41, 5.74) is 0.325. The minimum atomic E-state index is -1.03. The second kappa shape index (κ2) is 4.17. The number of fused-ring (bicyclic) bond motifs is 1. The highest BCUT2D eigenvalue weighted by Crippen LogP contribution is 2.37. The van der Waals surface area contributed by atoms with Crippen LogP contribution in [0.15, 0.2) is 18.2 Å². The highest BCUT2D eigenvalue weighted by molar-refractivity contribution is 6.32. The van der Waals surface area contributed by atoms with Gasteiger partial charge in [0, 0.05) is 10.6 Å². The Bertz CT molecular complexity index is 424. The number of ketones is 1. The monoisotopic (exact) mass is 240 g/mol. The van der Waals surface area contributed by atoms with Crippen LogP contribution in [-0.2, 0) is 6.42 Å². The van der Waals surface area contributed by atoms with Gasteiger partial charge >= 0.3 is 0 Å². The van der Waals surface area contributed by atoms with Crippen LogP contribution >= 0.6 is 11.6 Å². The van der Waals surface area contributed by atoms with E-state index in [1.165, 1.54) is 0 Å². The number of hydrogen-bond donors (Lipinski definition) is 2. The average molecular weight is 241 g/mol. The lowest BCUT2D eigenvalue weighted by atomic mass is 9.71. The van der Waals surface area contributed by atoms with Gasteiger partial charge in [-0.05, 0) is 24.5 Å². The third-order valence-corrected chi connectivity index (χ3v) is 3.66. The molecule has 0 amide bonds. The third kappa shape index (κ3) is 1.56. The van der Waals surface area contributed by atoms with Crippen LogP contribution in [0.4, 0.5) is 0 Å². The Morgan fingerprint density at radius 3 is 2.62 bits per heavy atom. The van der Waals surface area contributed by atoms with Crippen molar-refractivity contribution in [2.75, 3.05) is 13.2 Å². The molecule has 0 bridgehead atoms. The number of aliphatic hydroxyl groups excluding tert-OH is 2. The maximum Gasteiger partial charge on any atom is 0.173 e. The summed E-state index contributed by atoms with van der Waals surface area (Å²) in [6.45, 7) is -0.650. The molecule has 1 aliphatic carbocycles. The molecule has 1 aromatic carbocycles. The summed E-state index contributed by atoms with van der Waals surface area (Å²) in [4.78, 5) is 12.2. The zero-order valence-corrected chi connectivity index (χ0v) is 9.50. The first-order valence-corrected chi connectivity index (χ1v) is 5.56. The second-order valence-corrected chi connectivity index (χ2v) is 4.60. The summed E-state index contributed by atoms with van der Waals surface area (Å²) < 4.78 is 0. The van der Waals surface area contributed by atoms with E-state index in [-0.39, 0.29) is 19.0 Å². The zero-order valence-electron chi connectivity index (χ0n) is 8.74. The number of carbonyl (C=O) groups is 1. The molecule has 0 aliphatic heterocycles. The fraction of sp³-hybridized carbons (Fsp3) is 0.417. The van der Waals surface area contributed by atoms with Gasteiger partial charge in [-0.2, -0.15) is 0 Å². The summed E-state index contributed by atoms with van der Waals surface area (Å²) in [5, 5.41) is 19.2. The van der Waals surface area contributed by atoms with Crippen molar-refractivity contribution < 1.29 is 15.0 Å². The molecule has 1 aromatic rings. The van der Waals surface area contributed by atoms with Crippen LogP contribution in [0.1, 0.15) is 22.3 Å². The van der Waals surface area contributed by atoms with E-state index in [2.05, 4.69) is 0 Å². The molecule has 0 saturated heterocycles. The van der Waals surface area contributed by atoms with Gasteiger partial charge < -0.3 is 10.2 Å². The summed E-state index contributed by atoms with van der Waals surface area (Å²) >= 11 is 6.01. The molecule has 2 rings (SSSR count). The lowest BCUT2D eigenvalue weighted by Gasteiger charge is -2.33. The summed E-state index contributed by atoms with van der Waals surface area (Å²) in [7, 11) is 0. The molecule has 2 N–H and O–H groups in total. The highest BCUT2D eigenvalue weighted by Gasteiger charge is 2.42. The minimum absolute atomic E-state index is 0.207. The van der Waals surface area contributed by atoms with Crippen molar-refractivity contribution in [2.45, 2.75) is 12.8 Å². The van der Waals surface area contributed by atoms with Gasteiger partial charge in [0.15, 0.2) is 5.78 Å². The van der Waals surface area contributed by atoms with Gasteiger partial charge in [0.25, 0.3) is 0 Å². The number of Topliss-reactive ketones (excluding diaryl/α,β-unsaturated/α-hetero) is 1.